The average molecular weight is 302 g/mol. The van der Waals surface area contributed by atoms with Crippen LogP contribution in [-0.2, 0) is 12.8 Å². The fourth-order valence-corrected chi connectivity index (χ4v) is 3.38. The number of aryl methyl sites for hydroxylation is 1. The van der Waals surface area contributed by atoms with Gasteiger partial charge >= 0.3 is 0 Å². The van der Waals surface area contributed by atoms with Crippen molar-refractivity contribution in [2.24, 2.45) is 10.7 Å². The Kier molecular flexibility index (Phi) is 4.41. The van der Waals surface area contributed by atoms with E-state index in [1.807, 2.05) is 0 Å². The number of nitrogens with one attached hydrogen (secondary N) is 1. The van der Waals surface area contributed by atoms with Crippen molar-refractivity contribution < 1.29 is 4.74 Å². The number of benzene rings is 1. The van der Waals surface area contributed by atoms with E-state index in [2.05, 4.69) is 35.1 Å². The zero-order valence-corrected chi connectivity index (χ0v) is 13.6. The highest BCUT2D eigenvalue weighted by molar-refractivity contribution is 5.99. The first-order valence-corrected chi connectivity index (χ1v) is 8.39. The summed E-state index contributed by atoms with van der Waals surface area (Å²) >= 11 is 0. The van der Waals surface area contributed by atoms with E-state index in [1.165, 1.54) is 16.8 Å². The van der Waals surface area contributed by atoms with E-state index in [9.17, 15) is 0 Å². The maximum absolute atomic E-state index is 6.14. The molecule has 3 N–H and O–H groups in total. The lowest BCUT2D eigenvalue weighted by Crippen LogP contribution is -2.35. The van der Waals surface area contributed by atoms with E-state index in [1.54, 1.807) is 0 Å². The number of anilines is 2. The third kappa shape index (κ3) is 2.60. The van der Waals surface area contributed by atoms with Crippen molar-refractivity contribution in [2.75, 3.05) is 36.5 Å². The second-order valence-corrected chi connectivity index (χ2v) is 5.90. The third-order valence-electron chi connectivity index (χ3n) is 4.27. The van der Waals surface area contributed by atoms with Gasteiger partial charge in [-0.15, -0.1) is 0 Å². The summed E-state index contributed by atoms with van der Waals surface area (Å²) in [6.07, 6.45) is 4.26. The van der Waals surface area contributed by atoms with Crippen LogP contribution < -0.4 is 20.7 Å². The number of hydrogen-bond acceptors (Lipinski definition) is 5. The number of guanidine groups is 1. The molecular weight excluding hydrogens is 276 g/mol. The van der Waals surface area contributed by atoms with Crippen LogP contribution in [0.2, 0.25) is 0 Å². The molecule has 0 amide bonds. The Bertz CT molecular complexity index is 583. The van der Waals surface area contributed by atoms with Crippen LogP contribution in [0.15, 0.2) is 11.1 Å². The summed E-state index contributed by atoms with van der Waals surface area (Å²) in [5.74, 6) is 1.64. The number of fused-ring (bicyclic) bond motifs is 1. The van der Waals surface area contributed by atoms with Gasteiger partial charge in [0.05, 0.1) is 17.9 Å². The summed E-state index contributed by atoms with van der Waals surface area (Å²) in [4.78, 5) is 6.56. The second kappa shape index (κ2) is 6.46. The Hall–Kier alpha value is -1.91. The smallest absolute Gasteiger partial charge is 0.195 e. The van der Waals surface area contributed by atoms with Gasteiger partial charge in [0.15, 0.2) is 5.96 Å². The molecule has 0 fully saturated rings. The molecule has 2 aliphatic heterocycles. The van der Waals surface area contributed by atoms with E-state index in [0.29, 0.717) is 5.96 Å². The van der Waals surface area contributed by atoms with Crippen LogP contribution in [0.1, 0.15) is 37.8 Å². The number of nitrogens with zero attached hydrogens (tertiary/aromatic N) is 2. The van der Waals surface area contributed by atoms with E-state index in [-0.39, 0.29) is 0 Å². The van der Waals surface area contributed by atoms with Crippen LogP contribution in [0.25, 0.3) is 0 Å². The summed E-state index contributed by atoms with van der Waals surface area (Å²) in [5.41, 5.74) is 11.2. The maximum atomic E-state index is 6.14. The highest BCUT2D eigenvalue weighted by atomic mass is 16.5. The van der Waals surface area contributed by atoms with Crippen molar-refractivity contribution in [1.29, 1.82) is 0 Å². The van der Waals surface area contributed by atoms with Gasteiger partial charge in [-0.05, 0) is 24.5 Å². The zero-order chi connectivity index (χ0) is 15.5. The number of rotatable bonds is 5. The number of ether oxygens (including phenoxy) is 1. The Balaban J connectivity index is 2.16. The van der Waals surface area contributed by atoms with Crippen molar-refractivity contribution in [1.82, 2.24) is 0 Å². The molecule has 120 valence electrons. The predicted octanol–water partition coefficient (Wildman–Crippen LogP) is 2.53. The van der Waals surface area contributed by atoms with Crippen LogP contribution >= 0.6 is 0 Å². The van der Waals surface area contributed by atoms with E-state index >= 15 is 0 Å². The highest BCUT2D eigenvalue weighted by Gasteiger charge is 2.27. The Morgan fingerprint density at radius 1 is 1.32 bits per heavy atom. The highest BCUT2D eigenvalue weighted by Crippen LogP contribution is 2.42. The molecule has 0 saturated carbocycles. The van der Waals surface area contributed by atoms with E-state index in [4.69, 9.17) is 10.5 Å². The Morgan fingerprint density at radius 3 is 2.82 bits per heavy atom. The number of aliphatic imine (C=N–C) groups is 1. The fourth-order valence-electron chi connectivity index (χ4n) is 3.38. The Morgan fingerprint density at radius 2 is 2.14 bits per heavy atom. The van der Waals surface area contributed by atoms with Crippen molar-refractivity contribution in [3.05, 3.63) is 17.2 Å². The molecule has 0 atom stereocenters. The van der Waals surface area contributed by atoms with Gasteiger partial charge in [-0.25, -0.2) is 0 Å². The largest absolute Gasteiger partial charge is 0.490 e. The second-order valence-electron chi connectivity index (χ2n) is 5.90. The van der Waals surface area contributed by atoms with Crippen molar-refractivity contribution in [2.45, 2.75) is 39.5 Å². The molecular formula is C17H26N4O. The molecule has 0 unspecified atom stereocenters. The normalized spacial score (nSPS) is 16.8. The minimum absolute atomic E-state index is 0.645. The molecule has 3 rings (SSSR count). The molecule has 0 aromatic heterocycles. The SMILES string of the molecule is CCCc1cc2c(c(CCC)c1N1CCN=C1N)NCCO2. The van der Waals surface area contributed by atoms with Gasteiger partial charge in [0.1, 0.15) is 12.4 Å². The molecule has 22 heavy (non-hydrogen) atoms. The number of nitrogens with two attached hydrogens (primary N) is 1. The van der Waals surface area contributed by atoms with Crippen molar-refractivity contribution >= 4 is 17.3 Å². The average Bonchev–Trinajstić information content (AvgIpc) is 2.94. The summed E-state index contributed by atoms with van der Waals surface area (Å²) in [6.45, 7) is 7.68. The molecule has 1 aromatic carbocycles. The summed E-state index contributed by atoms with van der Waals surface area (Å²) in [7, 11) is 0. The fraction of sp³-hybridized carbons (Fsp3) is 0.588. The minimum atomic E-state index is 0.645. The zero-order valence-electron chi connectivity index (χ0n) is 13.6. The molecule has 0 saturated heterocycles. The van der Waals surface area contributed by atoms with Gasteiger partial charge in [0, 0.05) is 18.7 Å². The van der Waals surface area contributed by atoms with Gasteiger partial charge in [0.2, 0.25) is 0 Å². The topological polar surface area (TPSA) is 62.9 Å². The Labute approximate surface area is 132 Å². The number of hydrogen-bond donors (Lipinski definition) is 2. The standard InChI is InChI=1S/C17H26N4O/c1-3-5-12-11-14-15(19-8-10-22-14)13(6-4-2)16(12)21-9-7-20-17(21)18/h11,19H,3-10H2,1-2H3,(H2,18,20). The van der Waals surface area contributed by atoms with Crippen LogP contribution in [0.3, 0.4) is 0 Å². The van der Waals surface area contributed by atoms with Crippen LogP contribution in [0.4, 0.5) is 11.4 Å². The molecule has 0 spiro atoms. The van der Waals surface area contributed by atoms with Crippen LogP contribution in [-0.4, -0.2) is 32.2 Å². The molecule has 0 bridgehead atoms. The monoisotopic (exact) mass is 302 g/mol. The lowest BCUT2D eigenvalue weighted by molar-refractivity contribution is 0.322. The van der Waals surface area contributed by atoms with Crippen LogP contribution in [0.5, 0.6) is 5.75 Å². The summed E-state index contributed by atoms with van der Waals surface area (Å²) in [6, 6.07) is 2.20. The maximum Gasteiger partial charge on any atom is 0.195 e. The molecule has 1 aromatic rings. The van der Waals surface area contributed by atoms with Gasteiger partial charge in [-0.2, -0.15) is 0 Å². The molecule has 2 aliphatic rings. The van der Waals surface area contributed by atoms with Crippen molar-refractivity contribution in [3.63, 3.8) is 0 Å². The lowest BCUT2D eigenvalue weighted by Gasteiger charge is -2.30. The molecule has 0 radical (unpaired) electrons. The van der Waals surface area contributed by atoms with Gasteiger partial charge in [0.25, 0.3) is 0 Å². The van der Waals surface area contributed by atoms with Gasteiger partial charge in [-0.3, -0.25) is 4.99 Å². The first kappa shape index (κ1) is 15.0. The van der Waals surface area contributed by atoms with Gasteiger partial charge in [-0.1, -0.05) is 26.7 Å². The van der Waals surface area contributed by atoms with Crippen molar-refractivity contribution in [3.8, 4) is 5.75 Å². The minimum Gasteiger partial charge on any atom is -0.490 e. The summed E-state index contributed by atoms with van der Waals surface area (Å²) < 4.78 is 5.90. The van der Waals surface area contributed by atoms with Crippen LogP contribution in [0, 0.1) is 0 Å². The lowest BCUT2D eigenvalue weighted by atomic mass is 9.96. The molecule has 5 heteroatoms. The summed E-state index contributed by atoms with van der Waals surface area (Å²) in [5, 5.41) is 3.53. The molecule has 2 heterocycles. The molecule has 5 nitrogen and oxygen atoms in total. The van der Waals surface area contributed by atoms with E-state index in [0.717, 1.165) is 63.4 Å². The first-order chi connectivity index (χ1) is 10.8. The first-order valence-electron chi connectivity index (χ1n) is 8.39. The van der Waals surface area contributed by atoms with E-state index < -0.39 is 0 Å². The molecule has 0 aliphatic carbocycles. The van der Waals surface area contributed by atoms with Gasteiger partial charge < -0.3 is 20.7 Å². The quantitative estimate of drug-likeness (QED) is 0.877. The third-order valence-corrected chi connectivity index (χ3v) is 4.27. The predicted molar refractivity (Wildman–Crippen MR) is 92.3 cm³/mol.